The molecule has 4 heteroatoms. The number of aliphatic hydroxyl groups excluding tert-OH is 1. The second-order valence-corrected chi connectivity index (χ2v) is 5.20. The second-order valence-electron chi connectivity index (χ2n) is 5.20. The van der Waals surface area contributed by atoms with E-state index in [4.69, 9.17) is 9.84 Å². The summed E-state index contributed by atoms with van der Waals surface area (Å²) in [7, 11) is 0. The molecule has 0 bridgehead atoms. The minimum Gasteiger partial charge on any atom is -0.488 e. The molecule has 0 fully saturated rings. The van der Waals surface area contributed by atoms with Gasteiger partial charge in [-0.05, 0) is 17.2 Å². The molecule has 0 aliphatic carbocycles. The number of ether oxygens (including phenoxy) is 1. The molecule has 21 heavy (non-hydrogen) atoms. The van der Waals surface area contributed by atoms with Crippen LogP contribution in [0.2, 0.25) is 0 Å². The van der Waals surface area contributed by atoms with Crippen molar-refractivity contribution in [2.45, 2.75) is 12.2 Å². The average molecular weight is 285 g/mol. The molecule has 1 aliphatic heterocycles. The van der Waals surface area contributed by atoms with Gasteiger partial charge in [0.25, 0.3) is 0 Å². The van der Waals surface area contributed by atoms with Crippen LogP contribution in [0, 0.1) is 0 Å². The number of hydrogen-bond acceptors (Lipinski definition) is 4. The number of rotatable bonds is 4. The summed E-state index contributed by atoms with van der Waals surface area (Å²) >= 11 is 0. The maximum Gasteiger partial charge on any atom is 0.131 e. The molecule has 1 heterocycles. The fourth-order valence-electron chi connectivity index (χ4n) is 2.82. The maximum atomic E-state index is 11.4. The number of hydrogen-bond donors (Lipinski definition) is 3. The lowest BCUT2D eigenvalue weighted by atomic mass is 9.84. The minimum absolute atomic E-state index is 0.0376. The Morgan fingerprint density at radius 2 is 1.76 bits per heavy atom. The number of benzene rings is 2. The van der Waals surface area contributed by atoms with Gasteiger partial charge in [-0.25, -0.2) is 0 Å². The van der Waals surface area contributed by atoms with Gasteiger partial charge in [-0.1, -0.05) is 42.5 Å². The third-order valence-electron chi connectivity index (χ3n) is 3.85. The van der Waals surface area contributed by atoms with E-state index in [0.717, 1.165) is 16.7 Å². The van der Waals surface area contributed by atoms with Gasteiger partial charge in [0.15, 0.2) is 0 Å². The van der Waals surface area contributed by atoms with E-state index in [1.807, 2.05) is 48.5 Å². The monoisotopic (exact) mass is 285 g/mol. The van der Waals surface area contributed by atoms with Gasteiger partial charge in [0, 0.05) is 18.7 Å². The Morgan fingerprint density at radius 1 is 1.05 bits per heavy atom. The second kappa shape index (κ2) is 5.85. The van der Waals surface area contributed by atoms with E-state index in [-0.39, 0.29) is 6.61 Å². The topological polar surface area (TPSA) is 61.7 Å². The first kappa shape index (κ1) is 14.1. The van der Waals surface area contributed by atoms with Crippen LogP contribution in [0.5, 0.6) is 5.75 Å². The quantitative estimate of drug-likeness (QED) is 0.743. The van der Waals surface area contributed by atoms with E-state index in [9.17, 15) is 5.11 Å². The number of para-hydroxylation sites is 1. The van der Waals surface area contributed by atoms with Crippen LogP contribution < -0.4 is 10.1 Å². The third-order valence-corrected chi connectivity index (χ3v) is 3.85. The van der Waals surface area contributed by atoms with Gasteiger partial charge >= 0.3 is 0 Å². The number of nitrogens with one attached hydrogen (secondary N) is 1. The highest BCUT2D eigenvalue weighted by Crippen LogP contribution is 2.39. The normalized spacial score (nSPS) is 20.1. The van der Waals surface area contributed by atoms with Crippen molar-refractivity contribution >= 4 is 0 Å². The summed E-state index contributed by atoms with van der Waals surface area (Å²) in [6.45, 7) is 1.24. The SMILES string of the molecule is OCCNCC1(O)c2ccccc2COc2ccccc21. The van der Waals surface area contributed by atoms with Crippen LogP contribution >= 0.6 is 0 Å². The zero-order chi connectivity index (χ0) is 14.7. The number of fused-ring (bicyclic) bond motifs is 2. The molecule has 0 saturated carbocycles. The highest BCUT2D eigenvalue weighted by molar-refractivity contribution is 5.49. The molecule has 110 valence electrons. The lowest BCUT2D eigenvalue weighted by Crippen LogP contribution is -2.40. The van der Waals surface area contributed by atoms with Gasteiger partial charge < -0.3 is 20.3 Å². The Labute approximate surface area is 124 Å². The average Bonchev–Trinajstić information content (AvgIpc) is 2.65. The van der Waals surface area contributed by atoms with Crippen molar-refractivity contribution in [2.75, 3.05) is 19.7 Å². The van der Waals surface area contributed by atoms with Crippen molar-refractivity contribution < 1.29 is 14.9 Å². The summed E-state index contributed by atoms with van der Waals surface area (Å²) in [5.41, 5.74) is 1.40. The van der Waals surface area contributed by atoms with Crippen LogP contribution in [0.25, 0.3) is 0 Å². The van der Waals surface area contributed by atoms with E-state index in [0.29, 0.717) is 25.4 Å². The summed E-state index contributed by atoms with van der Waals surface area (Å²) in [5.74, 6) is 0.696. The molecule has 3 rings (SSSR count). The van der Waals surface area contributed by atoms with E-state index in [2.05, 4.69) is 5.32 Å². The molecule has 0 spiro atoms. The van der Waals surface area contributed by atoms with Gasteiger partial charge in [-0.15, -0.1) is 0 Å². The molecule has 2 aromatic carbocycles. The van der Waals surface area contributed by atoms with Crippen LogP contribution in [0.15, 0.2) is 48.5 Å². The van der Waals surface area contributed by atoms with Crippen LogP contribution in [0.1, 0.15) is 16.7 Å². The first-order valence-corrected chi connectivity index (χ1v) is 7.10. The van der Waals surface area contributed by atoms with Crippen molar-refractivity contribution in [3.63, 3.8) is 0 Å². The fourth-order valence-corrected chi connectivity index (χ4v) is 2.82. The minimum atomic E-state index is -1.17. The summed E-state index contributed by atoms with van der Waals surface area (Å²) in [6, 6.07) is 15.3. The first-order chi connectivity index (χ1) is 10.3. The predicted octanol–water partition coefficient (Wildman–Crippen LogP) is 1.40. The Kier molecular flexibility index (Phi) is 3.92. The molecule has 0 amide bonds. The Bertz CT molecular complexity index is 579. The van der Waals surface area contributed by atoms with E-state index >= 15 is 0 Å². The van der Waals surface area contributed by atoms with Crippen LogP contribution in [-0.2, 0) is 12.2 Å². The maximum absolute atomic E-state index is 11.4. The van der Waals surface area contributed by atoms with Crippen molar-refractivity contribution in [2.24, 2.45) is 0 Å². The summed E-state index contributed by atoms with van der Waals surface area (Å²) in [5, 5.41) is 23.4. The van der Waals surface area contributed by atoms with E-state index in [1.54, 1.807) is 0 Å². The Morgan fingerprint density at radius 3 is 2.57 bits per heavy atom. The lowest BCUT2D eigenvalue weighted by molar-refractivity contribution is 0.0779. The lowest BCUT2D eigenvalue weighted by Gasteiger charge is -2.30. The fraction of sp³-hybridized carbons (Fsp3) is 0.294. The van der Waals surface area contributed by atoms with Crippen molar-refractivity contribution in [1.82, 2.24) is 5.32 Å². The van der Waals surface area contributed by atoms with Gasteiger partial charge in [0.2, 0.25) is 0 Å². The van der Waals surface area contributed by atoms with Gasteiger partial charge in [0.05, 0.1) is 6.61 Å². The van der Waals surface area contributed by atoms with Crippen LogP contribution in [-0.4, -0.2) is 29.9 Å². The molecule has 4 nitrogen and oxygen atoms in total. The summed E-state index contributed by atoms with van der Waals surface area (Å²) in [6.07, 6.45) is 0. The van der Waals surface area contributed by atoms with E-state index in [1.165, 1.54) is 0 Å². The highest BCUT2D eigenvalue weighted by Gasteiger charge is 2.37. The van der Waals surface area contributed by atoms with Gasteiger partial charge in [-0.3, -0.25) is 0 Å². The van der Waals surface area contributed by atoms with Crippen molar-refractivity contribution in [3.8, 4) is 5.75 Å². The molecular weight excluding hydrogens is 266 g/mol. The van der Waals surface area contributed by atoms with Crippen molar-refractivity contribution in [3.05, 3.63) is 65.2 Å². The number of aliphatic hydroxyl groups is 2. The molecule has 3 N–H and O–H groups in total. The molecule has 1 aliphatic rings. The highest BCUT2D eigenvalue weighted by atomic mass is 16.5. The zero-order valence-electron chi connectivity index (χ0n) is 11.7. The molecule has 2 aromatic rings. The molecule has 1 unspecified atom stereocenters. The molecule has 0 radical (unpaired) electrons. The third kappa shape index (κ3) is 2.53. The van der Waals surface area contributed by atoms with Crippen LogP contribution in [0.4, 0.5) is 0 Å². The largest absolute Gasteiger partial charge is 0.488 e. The summed E-state index contributed by atoms with van der Waals surface area (Å²) < 4.78 is 5.84. The Hall–Kier alpha value is -1.88. The van der Waals surface area contributed by atoms with Gasteiger partial charge in [0.1, 0.15) is 18.0 Å². The molecule has 1 atom stereocenters. The Balaban J connectivity index is 2.10. The van der Waals surface area contributed by atoms with Gasteiger partial charge in [-0.2, -0.15) is 0 Å². The van der Waals surface area contributed by atoms with Crippen molar-refractivity contribution in [1.29, 1.82) is 0 Å². The standard InChI is InChI=1S/C17H19NO3/c19-10-9-18-12-17(20)14-6-2-1-5-13(14)11-21-16-8-4-3-7-15(16)17/h1-8,18-20H,9-12H2. The summed E-state index contributed by atoms with van der Waals surface area (Å²) in [4.78, 5) is 0. The van der Waals surface area contributed by atoms with Crippen LogP contribution in [0.3, 0.4) is 0 Å². The molecular formula is C17H19NO3. The van der Waals surface area contributed by atoms with E-state index < -0.39 is 5.60 Å². The predicted molar refractivity (Wildman–Crippen MR) is 80.2 cm³/mol. The molecule has 0 aromatic heterocycles. The molecule has 0 saturated heterocycles. The zero-order valence-corrected chi connectivity index (χ0v) is 11.7. The smallest absolute Gasteiger partial charge is 0.131 e. The first-order valence-electron chi connectivity index (χ1n) is 7.10.